The third-order valence-corrected chi connectivity index (χ3v) is 4.93. The normalized spacial score (nSPS) is 21.9. The van der Waals surface area contributed by atoms with Crippen LogP contribution in [-0.2, 0) is 10.4 Å². The zero-order valence-corrected chi connectivity index (χ0v) is 15.5. The predicted octanol–water partition coefficient (Wildman–Crippen LogP) is 1.84. The van der Waals surface area contributed by atoms with Crippen LogP contribution in [-0.4, -0.2) is 43.6 Å². The number of ether oxygens (including phenoxy) is 1. The van der Waals surface area contributed by atoms with Crippen molar-refractivity contribution in [2.45, 2.75) is 5.66 Å². The van der Waals surface area contributed by atoms with Gasteiger partial charge in [0.25, 0.3) is 0 Å². The molecular weight excluding hydrogens is 354 g/mol. The van der Waals surface area contributed by atoms with Crippen LogP contribution in [0.25, 0.3) is 0 Å². The summed E-state index contributed by atoms with van der Waals surface area (Å²) in [6, 6.07) is 17.4. The van der Waals surface area contributed by atoms with E-state index in [4.69, 9.17) is 15.5 Å². The number of carbonyl (C=O) groups excluding carboxylic acids is 1. The lowest BCUT2D eigenvalue weighted by Gasteiger charge is -2.49. The van der Waals surface area contributed by atoms with E-state index in [1.807, 2.05) is 60.8 Å². The topological polar surface area (TPSA) is 83.2 Å². The average molecular weight is 377 g/mol. The number of primary amides is 1. The highest BCUT2D eigenvalue weighted by Gasteiger charge is 2.43. The Morgan fingerprint density at radius 1 is 1.11 bits per heavy atom. The van der Waals surface area contributed by atoms with Crippen LogP contribution in [0, 0.1) is 0 Å². The lowest BCUT2D eigenvalue weighted by molar-refractivity contribution is 0.0209. The average Bonchev–Trinajstić information content (AvgIpc) is 2.76. The van der Waals surface area contributed by atoms with Gasteiger partial charge in [0.1, 0.15) is 0 Å². The minimum atomic E-state index is -0.949. The number of nitrogens with one attached hydrogen (secondary N) is 1. The summed E-state index contributed by atoms with van der Waals surface area (Å²) in [7, 11) is 0. The number of amides is 1. The third-order valence-electron chi connectivity index (χ3n) is 4.93. The van der Waals surface area contributed by atoms with E-state index in [9.17, 15) is 4.79 Å². The zero-order chi connectivity index (χ0) is 19.4. The summed E-state index contributed by atoms with van der Waals surface area (Å²) in [5.41, 5.74) is 6.90. The fraction of sp³-hybridized carbons (Fsp3) is 0.238. The highest BCUT2D eigenvalue weighted by molar-refractivity contribution is 5.95. The maximum atomic E-state index is 12.2. The van der Waals surface area contributed by atoms with E-state index in [1.54, 1.807) is 12.4 Å². The van der Waals surface area contributed by atoms with Crippen molar-refractivity contribution in [3.63, 3.8) is 0 Å². The van der Waals surface area contributed by atoms with Gasteiger partial charge in [-0.1, -0.05) is 36.4 Å². The standard InChI is InChI=1S/C21H23N5O2/c22-20(27)18-8-4-5-9-19(18)21(10-11-23-16-24-21)26(17-6-2-1-3-7-17)25-12-14-28-15-13-25/h1-11,16H,12-15H2,(H2,22,27)(H,23,24). The summed E-state index contributed by atoms with van der Waals surface area (Å²) in [5.74, 6) is -0.480. The molecule has 2 heterocycles. The van der Waals surface area contributed by atoms with Crippen LogP contribution >= 0.6 is 0 Å². The monoisotopic (exact) mass is 377 g/mol. The fourth-order valence-corrected chi connectivity index (χ4v) is 3.70. The molecule has 7 nitrogen and oxygen atoms in total. The van der Waals surface area contributed by atoms with Crippen LogP contribution in [0.15, 0.2) is 71.9 Å². The van der Waals surface area contributed by atoms with Crippen molar-refractivity contribution in [2.24, 2.45) is 10.7 Å². The molecule has 1 fully saturated rings. The smallest absolute Gasteiger partial charge is 0.249 e. The first kappa shape index (κ1) is 18.2. The summed E-state index contributed by atoms with van der Waals surface area (Å²) in [6.45, 7) is 2.68. The molecule has 1 amide bonds. The van der Waals surface area contributed by atoms with E-state index in [0.29, 0.717) is 31.9 Å². The number of aliphatic imine (C=N–C) groups is 1. The SMILES string of the molecule is NC(=O)c1ccccc1C1(N(c2ccccc2)N2CCOCC2)C=CNC=N1. The number of hydrogen-bond donors (Lipinski definition) is 2. The highest BCUT2D eigenvalue weighted by Crippen LogP contribution is 2.39. The first-order valence-electron chi connectivity index (χ1n) is 9.27. The van der Waals surface area contributed by atoms with Gasteiger partial charge >= 0.3 is 0 Å². The minimum Gasteiger partial charge on any atom is -0.379 e. The predicted molar refractivity (Wildman–Crippen MR) is 109 cm³/mol. The molecule has 2 aliphatic rings. The molecule has 0 saturated carbocycles. The Morgan fingerprint density at radius 3 is 2.50 bits per heavy atom. The van der Waals surface area contributed by atoms with Gasteiger partial charge in [-0.15, -0.1) is 0 Å². The second-order valence-electron chi connectivity index (χ2n) is 6.61. The van der Waals surface area contributed by atoms with Crippen LogP contribution in [0.2, 0.25) is 0 Å². The molecule has 2 aromatic rings. The molecule has 4 rings (SSSR count). The van der Waals surface area contributed by atoms with Crippen LogP contribution in [0.1, 0.15) is 15.9 Å². The second kappa shape index (κ2) is 7.84. The van der Waals surface area contributed by atoms with Crippen molar-refractivity contribution in [3.8, 4) is 0 Å². The maximum Gasteiger partial charge on any atom is 0.249 e. The number of hydrazine groups is 1. The second-order valence-corrected chi connectivity index (χ2v) is 6.61. The molecule has 1 atom stereocenters. The molecule has 2 aromatic carbocycles. The van der Waals surface area contributed by atoms with Gasteiger partial charge in [-0.05, 0) is 24.3 Å². The fourth-order valence-electron chi connectivity index (χ4n) is 3.70. The largest absolute Gasteiger partial charge is 0.379 e. The van der Waals surface area contributed by atoms with Gasteiger partial charge in [0.05, 0.1) is 25.2 Å². The molecule has 1 saturated heterocycles. The van der Waals surface area contributed by atoms with Crippen molar-refractivity contribution < 1.29 is 9.53 Å². The number of benzene rings is 2. The first-order valence-corrected chi connectivity index (χ1v) is 9.27. The Morgan fingerprint density at radius 2 is 1.82 bits per heavy atom. The van der Waals surface area contributed by atoms with Crippen molar-refractivity contribution in [2.75, 3.05) is 31.3 Å². The highest BCUT2D eigenvalue weighted by atomic mass is 16.5. The van der Waals surface area contributed by atoms with Crippen LogP contribution < -0.4 is 16.1 Å². The van der Waals surface area contributed by atoms with Gasteiger partial charge in [-0.2, -0.15) is 0 Å². The summed E-state index contributed by atoms with van der Waals surface area (Å²) in [4.78, 5) is 17.1. The number of nitrogens with two attached hydrogens (primary N) is 1. The summed E-state index contributed by atoms with van der Waals surface area (Å²) in [5, 5.41) is 7.35. The number of anilines is 1. The summed E-state index contributed by atoms with van der Waals surface area (Å²) < 4.78 is 5.56. The van der Waals surface area contributed by atoms with E-state index >= 15 is 0 Å². The maximum absolute atomic E-state index is 12.2. The van der Waals surface area contributed by atoms with Gasteiger partial charge in [0, 0.05) is 30.4 Å². The molecule has 144 valence electrons. The number of carbonyl (C=O) groups is 1. The Hall–Kier alpha value is -3.16. The molecule has 0 spiro atoms. The number of hydrogen-bond acceptors (Lipinski definition) is 6. The van der Waals surface area contributed by atoms with Gasteiger partial charge in [-0.25, -0.2) is 10.0 Å². The van der Waals surface area contributed by atoms with Crippen molar-refractivity contribution in [1.29, 1.82) is 0 Å². The quantitative estimate of drug-likeness (QED) is 0.831. The molecular formula is C21H23N5O2. The van der Waals surface area contributed by atoms with Crippen molar-refractivity contribution in [3.05, 3.63) is 78.0 Å². The van der Waals surface area contributed by atoms with E-state index in [0.717, 1.165) is 11.3 Å². The van der Waals surface area contributed by atoms with Crippen molar-refractivity contribution in [1.82, 2.24) is 10.3 Å². The third kappa shape index (κ3) is 3.26. The molecule has 2 aliphatic heterocycles. The minimum absolute atomic E-state index is 0.445. The van der Waals surface area contributed by atoms with E-state index in [-0.39, 0.29) is 0 Å². The molecule has 1 unspecified atom stereocenters. The first-order chi connectivity index (χ1) is 13.7. The molecule has 7 heteroatoms. The van der Waals surface area contributed by atoms with Crippen molar-refractivity contribution >= 4 is 17.9 Å². The number of para-hydroxylation sites is 1. The van der Waals surface area contributed by atoms with Gasteiger partial charge in [-0.3, -0.25) is 9.80 Å². The van der Waals surface area contributed by atoms with Crippen LogP contribution in [0.3, 0.4) is 0 Å². The molecule has 0 radical (unpaired) electrons. The Balaban J connectivity index is 1.94. The Bertz CT molecular complexity index is 879. The molecule has 28 heavy (non-hydrogen) atoms. The van der Waals surface area contributed by atoms with Gasteiger partial charge in [0.2, 0.25) is 5.91 Å². The summed E-state index contributed by atoms with van der Waals surface area (Å²) in [6.07, 6.45) is 5.44. The molecule has 0 aromatic heterocycles. The lowest BCUT2D eigenvalue weighted by Crippen LogP contribution is -2.58. The number of rotatable bonds is 5. The molecule has 0 bridgehead atoms. The Labute approximate surface area is 164 Å². The van der Waals surface area contributed by atoms with E-state index in [2.05, 4.69) is 15.3 Å². The van der Waals surface area contributed by atoms with Crippen LogP contribution in [0.4, 0.5) is 5.69 Å². The lowest BCUT2D eigenvalue weighted by atomic mass is 9.92. The van der Waals surface area contributed by atoms with E-state index in [1.165, 1.54) is 0 Å². The van der Waals surface area contributed by atoms with Gasteiger partial charge in [0.15, 0.2) is 5.66 Å². The molecule has 3 N–H and O–H groups in total. The molecule has 0 aliphatic carbocycles. The zero-order valence-electron chi connectivity index (χ0n) is 15.5. The van der Waals surface area contributed by atoms with Crippen LogP contribution in [0.5, 0.6) is 0 Å². The number of morpholine rings is 1. The van der Waals surface area contributed by atoms with E-state index < -0.39 is 11.6 Å². The number of nitrogens with zero attached hydrogens (tertiary/aromatic N) is 3. The summed E-state index contributed by atoms with van der Waals surface area (Å²) >= 11 is 0. The Kier molecular flexibility index (Phi) is 5.10. The van der Waals surface area contributed by atoms with Gasteiger partial charge < -0.3 is 15.8 Å².